The third kappa shape index (κ3) is 5.17. The lowest BCUT2D eigenvalue weighted by atomic mass is 9.89. The number of anilines is 3. The van der Waals surface area contributed by atoms with Gasteiger partial charge in [0.15, 0.2) is 17.5 Å². The fraction of sp³-hybridized carbons (Fsp3) is 0.405. The Bertz CT molecular complexity index is 2540. The van der Waals surface area contributed by atoms with Gasteiger partial charge in [-0.3, -0.25) is 4.90 Å². The average molecular weight is 803 g/mol. The molecule has 3 atom stereocenters. The molecule has 10 nitrogen and oxygen atoms in total. The standard InChI is InChI=1S/C37H30F8N8O2S/c1-16(17-4-2-6-49-30(17)47)53-8-9-54-28-23-27(50-33(51-32(23)53)55-15-35-5-3-7-52(35)14-34(12-35)13-36(34,41)42)26(40)22(24(28)37(43,44)45)18-10-20(38)25(39)29-21(18)19(11-46)31(48)56-29/h2,4,6,10,16H,3,5,7-9,12-15,48H2,1H3,(H2,47,49)/t16-,34+,35+/m1/s1. The molecule has 4 aliphatic rings. The van der Waals surface area contributed by atoms with Crippen LogP contribution in [0.25, 0.3) is 32.1 Å². The molecule has 1 spiro atoms. The lowest BCUT2D eigenvalue weighted by molar-refractivity contribution is -0.138. The molecule has 2 aromatic carbocycles. The van der Waals surface area contributed by atoms with Crippen molar-refractivity contribution in [2.45, 2.75) is 56.3 Å². The SMILES string of the molecule is C[C@H](c1cccnc1N)N1CCOc2c(C(F)(F)F)c(-c3cc(F)c(F)c4sc(N)c(C#N)c34)c(F)c3nc(OC[C@@]45CCCN4C[C@@]4(CC4(F)F)C5)nc1c23. The largest absolute Gasteiger partial charge is 0.490 e. The molecule has 3 aliphatic heterocycles. The Morgan fingerprint density at radius 2 is 1.88 bits per heavy atom. The monoisotopic (exact) mass is 802 g/mol. The van der Waals surface area contributed by atoms with Crippen molar-refractivity contribution in [3.8, 4) is 29.0 Å². The van der Waals surface area contributed by atoms with Gasteiger partial charge in [-0.05, 0) is 50.4 Å². The molecule has 1 saturated carbocycles. The first-order chi connectivity index (χ1) is 26.5. The lowest BCUT2D eigenvalue weighted by Gasteiger charge is -2.32. The summed E-state index contributed by atoms with van der Waals surface area (Å²) in [6.07, 6.45) is -2.81. The van der Waals surface area contributed by atoms with Gasteiger partial charge in [-0.1, -0.05) is 6.07 Å². The summed E-state index contributed by atoms with van der Waals surface area (Å²) in [5, 5.41) is 8.57. The highest BCUT2D eigenvalue weighted by Gasteiger charge is 2.77. The van der Waals surface area contributed by atoms with Crippen molar-refractivity contribution in [2.75, 3.05) is 49.2 Å². The first-order valence-corrected chi connectivity index (χ1v) is 18.4. The maximum atomic E-state index is 17.5. The minimum Gasteiger partial charge on any atom is -0.490 e. The molecular formula is C37H30F8N8O2S. The van der Waals surface area contributed by atoms with E-state index in [1.807, 2.05) is 4.90 Å². The topological polar surface area (TPSA) is 139 Å². The molecule has 0 radical (unpaired) electrons. The Morgan fingerprint density at radius 3 is 2.57 bits per heavy atom. The van der Waals surface area contributed by atoms with Crippen molar-refractivity contribution >= 4 is 49.0 Å². The van der Waals surface area contributed by atoms with Crippen molar-refractivity contribution in [1.29, 1.82) is 5.26 Å². The van der Waals surface area contributed by atoms with Crippen LogP contribution in [-0.4, -0.2) is 64.2 Å². The zero-order valence-electron chi connectivity index (χ0n) is 29.3. The molecule has 9 rings (SSSR count). The van der Waals surface area contributed by atoms with E-state index in [1.54, 1.807) is 30.0 Å². The van der Waals surface area contributed by atoms with Gasteiger partial charge in [0.1, 0.15) is 52.7 Å². The van der Waals surface area contributed by atoms with E-state index in [0.717, 1.165) is 0 Å². The number of alkyl halides is 5. The van der Waals surface area contributed by atoms with Crippen molar-refractivity contribution in [3.05, 3.63) is 58.5 Å². The number of nitrogen functional groups attached to an aromatic ring is 2. The van der Waals surface area contributed by atoms with Gasteiger partial charge < -0.3 is 25.8 Å². The number of thiophene rings is 1. The third-order valence-electron chi connectivity index (χ3n) is 11.8. The van der Waals surface area contributed by atoms with Crippen LogP contribution in [-0.2, 0) is 6.18 Å². The van der Waals surface area contributed by atoms with Gasteiger partial charge in [-0.2, -0.15) is 28.4 Å². The summed E-state index contributed by atoms with van der Waals surface area (Å²) >= 11 is 0.424. The van der Waals surface area contributed by atoms with Crippen LogP contribution in [0.5, 0.6) is 11.8 Å². The second-order valence-electron chi connectivity index (χ2n) is 14.9. The zero-order chi connectivity index (χ0) is 39.7. The summed E-state index contributed by atoms with van der Waals surface area (Å²) in [7, 11) is 0. The van der Waals surface area contributed by atoms with Gasteiger partial charge in [0.05, 0.1) is 39.2 Å². The third-order valence-corrected chi connectivity index (χ3v) is 12.8. The number of hydrogen-bond donors (Lipinski definition) is 2. The van der Waals surface area contributed by atoms with E-state index in [0.29, 0.717) is 42.4 Å². The highest BCUT2D eigenvalue weighted by molar-refractivity contribution is 7.23. The number of pyridine rings is 1. The number of benzene rings is 2. The molecule has 3 fully saturated rings. The Kier molecular flexibility index (Phi) is 7.90. The van der Waals surface area contributed by atoms with E-state index in [1.165, 1.54) is 6.20 Å². The van der Waals surface area contributed by atoms with Gasteiger partial charge in [0.25, 0.3) is 5.92 Å². The van der Waals surface area contributed by atoms with Crippen LogP contribution in [0.15, 0.2) is 24.4 Å². The quantitative estimate of drug-likeness (QED) is 0.163. The van der Waals surface area contributed by atoms with Crippen LogP contribution in [0.1, 0.15) is 55.3 Å². The van der Waals surface area contributed by atoms with Gasteiger partial charge in [-0.15, -0.1) is 11.3 Å². The number of halogens is 8. The zero-order valence-corrected chi connectivity index (χ0v) is 30.2. The van der Waals surface area contributed by atoms with E-state index >= 15 is 26.3 Å². The molecule has 56 heavy (non-hydrogen) atoms. The van der Waals surface area contributed by atoms with Crippen molar-refractivity contribution in [3.63, 3.8) is 0 Å². The van der Waals surface area contributed by atoms with Gasteiger partial charge in [0.2, 0.25) is 0 Å². The summed E-state index contributed by atoms with van der Waals surface area (Å²) in [4.78, 5) is 16.5. The molecule has 2 saturated heterocycles. The molecule has 5 aromatic rings. The van der Waals surface area contributed by atoms with E-state index in [-0.39, 0.29) is 49.2 Å². The molecule has 4 N–H and O–H groups in total. The number of nitrogens with two attached hydrogens (primary N) is 2. The Balaban J connectivity index is 1.30. The predicted octanol–water partition coefficient (Wildman–Crippen LogP) is 7.98. The second kappa shape index (κ2) is 12.1. The summed E-state index contributed by atoms with van der Waals surface area (Å²) in [6, 6.07) is 4.15. The lowest BCUT2D eigenvalue weighted by Crippen LogP contribution is -2.43. The first-order valence-electron chi connectivity index (χ1n) is 17.6. The molecule has 0 unspecified atom stereocenters. The number of rotatable bonds is 6. The fourth-order valence-electron chi connectivity index (χ4n) is 9.07. The number of fused-ring (bicyclic) bond motifs is 2. The normalized spacial score (nSPS) is 23.3. The molecule has 0 amide bonds. The number of nitrogens with zero attached hydrogens (tertiary/aromatic N) is 6. The molecule has 19 heteroatoms. The average Bonchev–Trinajstić information content (AvgIpc) is 3.38. The Hall–Kier alpha value is -5.22. The predicted molar refractivity (Wildman–Crippen MR) is 190 cm³/mol. The van der Waals surface area contributed by atoms with Crippen LogP contribution < -0.4 is 25.8 Å². The molecule has 0 bridgehead atoms. The molecule has 6 heterocycles. The van der Waals surface area contributed by atoms with Gasteiger partial charge >= 0.3 is 12.2 Å². The Labute approximate surface area is 316 Å². The maximum Gasteiger partial charge on any atom is 0.420 e. The maximum absolute atomic E-state index is 17.5. The van der Waals surface area contributed by atoms with Gasteiger partial charge in [0, 0.05) is 35.7 Å². The number of hydrogen-bond acceptors (Lipinski definition) is 11. The van der Waals surface area contributed by atoms with Crippen molar-refractivity contribution < 1.29 is 44.6 Å². The summed E-state index contributed by atoms with van der Waals surface area (Å²) < 4.78 is 135. The van der Waals surface area contributed by atoms with Crippen molar-refractivity contribution in [1.82, 2.24) is 19.9 Å². The van der Waals surface area contributed by atoms with Crippen molar-refractivity contribution in [2.24, 2.45) is 5.41 Å². The Morgan fingerprint density at radius 1 is 1.11 bits per heavy atom. The van der Waals surface area contributed by atoms with Crippen LogP contribution in [0, 0.1) is 34.2 Å². The summed E-state index contributed by atoms with van der Waals surface area (Å²) in [5.41, 5.74) is 5.64. The van der Waals surface area contributed by atoms with Crippen LogP contribution in [0.2, 0.25) is 0 Å². The van der Waals surface area contributed by atoms with E-state index in [2.05, 4.69) is 15.0 Å². The number of nitriles is 1. The minimum absolute atomic E-state index is 0.114. The van der Waals surface area contributed by atoms with E-state index < -0.39 is 108 Å². The summed E-state index contributed by atoms with van der Waals surface area (Å²) in [5.74, 6) is -8.56. The molecular weight excluding hydrogens is 773 g/mol. The van der Waals surface area contributed by atoms with Crippen LogP contribution in [0.3, 0.4) is 0 Å². The number of aromatic nitrogens is 3. The fourth-order valence-corrected chi connectivity index (χ4v) is 10.0. The highest BCUT2D eigenvalue weighted by Crippen LogP contribution is 2.69. The van der Waals surface area contributed by atoms with E-state index in [9.17, 15) is 14.0 Å². The minimum atomic E-state index is -5.39. The molecule has 3 aromatic heterocycles. The highest BCUT2D eigenvalue weighted by atomic mass is 32.1. The smallest absolute Gasteiger partial charge is 0.420 e. The molecule has 1 aliphatic carbocycles. The van der Waals surface area contributed by atoms with E-state index in [4.69, 9.17) is 20.9 Å². The van der Waals surface area contributed by atoms with Crippen LogP contribution in [0.4, 0.5) is 51.8 Å². The molecule has 292 valence electrons. The second-order valence-corrected chi connectivity index (χ2v) is 15.9. The summed E-state index contributed by atoms with van der Waals surface area (Å²) in [6.45, 7) is 1.72. The van der Waals surface area contributed by atoms with Crippen LogP contribution >= 0.6 is 11.3 Å². The van der Waals surface area contributed by atoms with Gasteiger partial charge in [-0.25, -0.2) is 26.9 Å². The first kappa shape index (κ1) is 36.4. The number of ether oxygens (including phenoxy) is 2.